The lowest BCUT2D eigenvalue weighted by molar-refractivity contribution is -0.145. The van der Waals surface area contributed by atoms with E-state index in [1.807, 2.05) is 30.3 Å². The fourth-order valence-electron chi connectivity index (χ4n) is 3.23. The van der Waals surface area contributed by atoms with Gasteiger partial charge in [-0.05, 0) is 42.8 Å². The first-order valence-electron chi connectivity index (χ1n) is 11.6. The minimum absolute atomic E-state index is 0.0114. The minimum Gasteiger partial charge on any atom is -0.475 e. The standard InChI is InChI=1S/C25H29N7O5/c1-25(2,3)37-24(34)28-20(14-22(33)36-16-18-10-6-5-7-11-18)23-29-30-31-32(23)19(15-26-4)17-35-21-12-8-9-13-27-21/h5-13,19-20H,14-17H2,1-3H3,(H,28,34)/t19-,20-/m1/s1. The van der Waals surface area contributed by atoms with E-state index >= 15 is 0 Å². The summed E-state index contributed by atoms with van der Waals surface area (Å²) in [6, 6.07) is 12.8. The van der Waals surface area contributed by atoms with Gasteiger partial charge in [-0.15, -0.1) is 5.10 Å². The summed E-state index contributed by atoms with van der Waals surface area (Å²) in [5.41, 5.74) is 0.0542. The Kier molecular flexibility index (Phi) is 9.48. The van der Waals surface area contributed by atoms with Crippen LogP contribution in [0.5, 0.6) is 5.88 Å². The molecule has 2 heterocycles. The highest BCUT2D eigenvalue weighted by molar-refractivity contribution is 5.73. The third-order valence-electron chi connectivity index (χ3n) is 4.84. The number of benzene rings is 1. The number of rotatable bonds is 11. The van der Waals surface area contributed by atoms with Crippen LogP contribution >= 0.6 is 0 Å². The Hall–Kier alpha value is -4.53. The second-order valence-electron chi connectivity index (χ2n) is 9.00. The van der Waals surface area contributed by atoms with E-state index in [0.29, 0.717) is 5.88 Å². The molecule has 2 atom stereocenters. The molecule has 3 rings (SSSR count). The summed E-state index contributed by atoms with van der Waals surface area (Å²) in [6.07, 6.45) is 0.566. The molecule has 194 valence electrons. The van der Waals surface area contributed by atoms with Crippen molar-refractivity contribution in [2.45, 2.75) is 51.5 Å². The molecule has 1 N–H and O–H groups in total. The molecular weight excluding hydrogens is 478 g/mol. The smallest absolute Gasteiger partial charge is 0.408 e. The molecule has 1 aromatic carbocycles. The van der Waals surface area contributed by atoms with Gasteiger partial charge in [-0.3, -0.25) is 4.79 Å². The molecular formula is C25H29N7O5. The zero-order chi connectivity index (χ0) is 26.7. The first-order valence-corrected chi connectivity index (χ1v) is 11.6. The van der Waals surface area contributed by atoms with Gasteiger partial charge >= 0.3 is 12.1 Å². The lowest BCUT2D eigenvalue weighted by Crippen LogP contribution is -2.38. The zero-order valence-corrected chi connectivity index (χ0v) is 20.9. The van der Waals surface area contributed by atoms with Crippen LogP contribution in [0.1, 0.15) is 50.7 Å². The SMILES string of the molecule is [C-]#[N+]C[C@H](COc1ccccn1)n1nnnc1[C@@H](CC(=O)OCc1ccccc1)NC(=O)OC(C)(C)C. The largest absolute Gasteiger partial charge is 0.475 e. The topological polar surface area (TPSA) is 135 Å². The van der Waals surface area contributed by atoms with Crippen molar-refractivity contribution < 1.29 is 23.8 Å². The third kappa shape index (κ3) is 8.88. The van der Waals surface area contributed by atoms with E-state index in [9.17, 15) is 9.59 Å². The van der Waals surface area contributed by atoms with Crippen molar-refractivity contribution in [2.75, 3.05) is 13.2 Å². The second kappa shape index (κ2) is 13.0. The third-order valence-corrected chi connectivity index (χ3v) is 4.84. The molecule has 0 saturated carbocycles. The van der Waals surface area contributed by atoms with Crippen LogP contribution in [0, 0.1) is 6.57 Å². The Morgan fingerprint density at radius 2 is 1.89 bits per heavy atom. The average Bonchev–Trinajstić information content (AvgIpc) is 3.35. The van der Waals surface area contributed by atoms with Gasteiger partial charge in [0.05, 0.1) is 6.42 Å². The molecule has 0 spiro atoms. The number of hydrogen-bond donors (Lipinski definition) is 1. The number of esters is 1. The number of nitrogens with zero attached hydrogens (tertiary/aromatic N) is 6. The van der Waals surface area contributed by atoms with E-state index in [1.165, 1.54) is 4.68 Å². The quantitative estimate of drug-likeness (QED) is 0.306. The van der Waals surface area contributed by atoms with Crippen LogP contribution in [0.2, 0.25) is 0 Å². The molecule has 0 aliphatic heterocycles. The highest BCUT2D eigenvalue weighted by Crippen LogP contribution is 2.21. The van der Waals surface area contributed by atoms with Crippen LogP contribution in [0.3, 0.4) is 0 Å². The van der Waals surface area contributed by atoms with Gasteiger partial charge in [0.25, 0.3) is 0 Å². The molecule has 0 aliphatic rings. The van der Waals surface area contributed by atoms with Crippen LogP contribution in [0.4, 0.5) is 4.79 Å². The van der Waals surface area contributed by atoms with Gasteiger partial charge in [-0.2, -0.15) is 0 Å². The highest BCUT2D eigenvalue weighted by atomic mass is 16.6. The van der Waals surface area contributed by atoms with Crippen molar-refractivity contribution in [2.24, 2.45) is 0 Å². The first kappa shape index (κ1) is 27.1. The molecule has 12 nitrogen and oxygen atoms in total. The van der Waals surface area contributed by atoms with E-state index in [4.69, 9.17) is 20.8 Å². The maximum Gasteiger partial charge on any atom is 0.408 e. The zero-order valence-electron chi connectivity index (χ0n) is 20.9. The van der Waals surface area contributed by atoms with E-state index in [1.54, 1.807) is 45.2 Å². The van der Waals surface area contributed by atoms with E-state index in [-0.39, 0.29) is 32.0 Å². The van der Waals surface area contributed by atoms with Crippen LogP contribution in [0.15, 0.2) is 54.7 Å². The van der Waals surface area contributed by atoms with E-state index in [0.717, 1.165) is 5.56 Å². The summed E-state index contributed by atoms with van der Waals surface area (Å²) in [5, 5.41) is 14.5. The minimum atomic E-state index is -0.990. The predicted molar refractivity (Wildman–Crippen MR) is 131 cm³/mol. The maximum absolute atomic E-state index is 12.7. The predicted octanol–water partition coefficient (Wildman–Crippen LogP) is 3.31. The summed E-state index contributed by atoms with van der Waals surface area (Å²) >= 11 is 0. The van der Waals surface area contributed by atoms with Crippen molar-refractivity contribution in [3.05, 3.63) is 77.5 Å². The number of aromatic nitrogens is 5. The van der Waals surface area contributed by atoms with Crippen LogP contribution in [-0.4, -0.2) is 56.0 Å². The van der Waals surface area contributed by atoms with Gasteiger partial charge in [0.1, 0.15) is 24.9 Å². The fourth-order valence-corrected chi connectivity index (χ4v) is 3.23. The van der Waals surface area contributed by atoms with Gasteiger partial charge in [0.15, 0.2) is 11.9 Å². The number of nitrogens with one attached hydrogen (secondary N) is 1. The number of pyridine rings is 1. The summed E-state index contributed by atoms with van der Waals surface area (Å²) in [7, 11) is 0. The van der Waals surface area contributed by atoms with Gasteiger partial charge in [0.2, 0.25) is 12.4 Å². The first-order chi connectivity index (χ1) is 17.7. The molecule has 0 unspecified atom stereocenters. The number of carbonyl (C=O) groups excluding carboxylic acids is 2. The lowest BCUT2D eigenvalue weighted by Gasteiger charge is -2.23. The molecule has 3 aromatic rings. The molecule has 0 bridgehead atoms. The molecule has 0 radical (unpaired) electrons. The Morgan fingerprint density at radius 1 is 1.14 bits per heavy atom. The van der Waals surface area contributed by atoms with Crippen molar-refractivity contribution in [3.63, 3.8) is 0 Å². The second-order valence-corrected chi connectivity index (χ2v) is 9.00. The number of alkyl carbamates (subject to hydrolysis) is 1. The average molecular weight is 508 g/mol. The fraction of sp³-hybridized carbons (Fsp3) is 0.400. The molecule has 1 amide bonds. The summed E-state index contributed by atoms with van der Waals surface area (Å²) in [6.45, 7) is 12.6. The van der Waals surface area contributed by atoms with Crippen molar-refractivity contribution in [3.8, 4) is 5.88 Å². The number of carbonyl (C=O) groups is 2. The lowest BCUT2D eigenvalue weighted by atomic mass is 10.1. The van der Waals surface area contributed by atoms with Crippen molar-refractivity contribution in [1.82, 2.24) is 30.5 Å². The Balaban J connectivity index is 1.79. The molecule has 0 aliphatic carbocycles. The van der Waals surface area contributed by atoms with E-state index < -0.39 is 29.7 Å². The van der Waals surface area contributed by atoms with Gasteiger partial charge in [0, 0.05) is 12.3 Å². The van der Waals surface area contributed by atoms with Crippen LogP contribution < -0.4 is 10.1 Å². The van der Waals surface area contributed by atoms with Crippen LogP contribution in [-0.2, 0) is 20.9 Å². The Labute approximate surface area is 214 Å². The van der Waals surface area contributed by atoms with E-state index in [2.05, 4.69) is 30.7 Å². The van der Waals surface area contributed by atoms with Crippen molar-refractivity contribution >= 4 is 12.1 Å². The summed E-state index contributed by atoms with van der Waals surface area (Å²) in [5.74, 6) is -0.0493. The maximum atomic E-state index is 12.7. The number of hydrogen-bond acceptors (Lipinski definition) is 9. The van der Waals surface area contributed by atoms with Crippen LogP contribution in [0.25, 0.3) is 4.85 Å². The normalized spacial score (nSPS) is 12.6. The Morgan fingerprint density at radius 3 is 2.57 bits per heavy atom. The van der Waals surface area contributed by atoms with Gasteiger partial charge in [-0.1, -0.05) is 36.4 Å². The number of tetrazole rings is 1. The number of amides is 1. The molecule has 0 fully saturated rings. The Bertz CT molecular complexity index is 1190. The van der Waals surface area contributed by atoms with Gasteiger partial charge < -0.3 is 24.4 Å². The monoisotopic (exact) mass is 507 g/mol. The van der Waals surface area contributed by atoms with Gasteiger partial charge in [-0.25, -0.2) is 21.0 Å². The van der Waals surface area contributed by atoms with Crippen molar-refractivity contribution in [1.29, 1.82) is 0 Å². The summed E-state index contributed by atoms with van der Waals surface area (Å²) < 4.78 is 17.9. The summed E-state index contributed by atoms with van der Waals surface area (Å²) in [4.78, 5) is 32.9. The molecule has 37 heavy (non-hydrogen) atoms. The molecule has 0 saturated heterocycles. The number of ether oxygens (including phenoxy) is 3. The highest BCUT2D eigenvalue weighted by Gasteiger charge is 2.31. The molecule has 12 heteroatoms. The molecule has 2 aromatic heterocycles.